The number of hydrogen-bond acceptors (Lipinski definition) is 3. The SMILES string of the molecule is CCn1nccc1CN(C)C(=O)Cn1c(-c2ccccc2)cc2c1CC(C)(C)CC2=O. The quantitative estimate of drug-likeness (QED) is 0.603. The lowest BCUT2D eigenvalue weighted by molar-refractivity contribution is -0.131. The van der Waals surface area contributed by atoms with Crippen LogP contribution < -0.4 is 0 Å². The smallest absolute Gasteiger partial charge is 0.242 e. The lowest BCUT2D eigenvalue weighted by Crippen LogP contribution is -2.33. The fourth-order valence-electron chi connectivity index (χ4n) is 4.46. The molecule has 0 saturated carbocycles. The molecule has 1 amide bonds. The summed E-state index contributed by atoms with van der Waals surface area (Å²) in [6.07, 6.45) is 3.08. The van der Waals surface area contributed by atoms with Crippen LogP contribution in [-0.2, 0) is 30.8 Å². The number of fused-ring (bicyclic) bond motifs is 1. The number of ketones is 1. The van der Waals surface area contributed by atoms with Crippen LogP contribution in [0.25, 0.3) is 11.3 Å². The highest BCUT2D eigenvalue weighted by atomic mass is 16.2. The topological polar surface area (TPSA) is 60.1 Å². The summed E-state index contributed by atoms with van der Waals surface area (Å²) in [6, 6.07) is 13.9. The maximum absolute atomic E-state index is 13.2. The third kappa shape index (κ3) is 4.20. The van der Waals surface area contributed by atoms with Crippen LogP contribution in [0.5, 0.6) is 0 Å². The Labute approximate surface area is 183 Å². The average molecular weight is 419 g/mol. The Morgan fingerprint density at radius 3 is 2.61 bits per heavy atom. The first kappa shape index (κ1) is 21.1. The normalized spacial score (nSPS) is 15.0. The Bertz CT molecular complexity index is 1110. The Kier molecular flexibility index (Phi) is 5.56. The molecule has 31 heavy (non-hydrogen) atoms. The molecule has 0 fully saturated rings. The van der Waals surface area contributed by atoms with E-state index in [1.54, 1.807) is 11.1 Å². The van der Waals surface area contributed by atoms with Gasteiger partial charge in [-0.25, -0.2) is 0 Å². The fraction of sp³-hybridized carbons (Fsp3) is 0.400. The summed E-state index contributed by atoms with van der Waals surface area (Å²) in [6.45, 7) is 7.75. The van der Waals surface area contributed by atoms with E-state index in [2.05, 4.69) is 23.5 Å². The van der Waals surface area contributed by atoms with Crippen LogP contribution in [0.3, 0.4) is 0 Å². The Hall–Kier alpha value is -3.15. The van der Waals surface area contributed by atoms with E-state index in [0.717, 1.165) is 41.2 Å². The molecule has 0 N–H and O–H groups in total. The fourth-order valence-corrected chi connectivity index (χ4v) is 4.46. The maximum atomic E-state index is 13.2. The van der Waals surface area contributed by atoms with Crippen LogP contribution in [0.2, 0.25) is 0 Å². The minimum absolute atomic E-state index is 0.00950. The lowest BCUT2D eigenvalue weighted by atomic mass is 9.76. The second kappa shape index (κ2) is 8.17. The molecule has 0 aliphatic heterocycles. The van der Waals surface area contributed by atoms with E-state index in [1.807, 2.05) is 61.1 Å². The highest BCUT2D eigenvalue weighted by molar-refractivity contribution is 6.00. The van der Waals surface area contributed by atoms with Crippen molar-refractivity contribution in [3.63, 3.8) is 0 Å². The standard InChI is InChI=1S/C25H30N4O2/c1-5-29-19(11-12-26-29)16-27(4)24(31)17-28-21(18-9-7-6-8-10-18)13-20-22(28)14-25(2,3)15-23(20)30/h6-13H,5,14-17H2,1-4H3. The number of hydrogen-bond donors (Lipinski definition) is 0. The van der Waals surface area contributed by atoms with Gasteiger partial charge in [0.2, 0.25) is 5.91 Å². The van der Waals surface area contributed by atoms with Crippen molar-refractivity contribution >= 4 is 11.7 Å². The van der Waals surface area contributed by atoms with Crippen molar-refractivity contribution in [2.24, 2.45) is 5.41 Å². The van der Waals surface area contributed by atoms with Crippen LogP contribution in [0.4, 0.5) is 0 Å². The summed E-state index contributed by atoms with van der Waals surface area (Å²) < 4.78 is 3.96. The number of nitrogens with zero attached hydrogens (tertiary/aromatic N) is 4. The number of aromatic nitrogens is 3. The predicted octanol–water partition coefficient (Wildman–Crippen LogP) is 4.19. The molecule has 3 aromatic rings. The molecule has 0 saturated heterocycles. The molecule has 0 atom stereocenters. The monoisotopic (exact) mass is 418 g/mol. The van der Waals surface area contributed by atoms with Gasteiger partial charge in [0.25, 0.3) is 0 Å². The third-order valence-corrected chi connectivity index (χ3v) is 6.09. The molecule has 0 radical (unpaired) electrons. The number of carbonyl (C=O) groups excluding carboxylic acids is 2. The Morgan fingerprint density at radius 1 is 1.16 bits per heavy atom. The molecule has 6 nitrogen and oxygen atoms in total. The molecular weight excluding hydrogens is 388 g/mol. The number of carbonyl (C=O) groups is 2. The zero-order chi connectivity index (χ0) is 22.2. The first-order chi connectivity index (χ1) is 14.8. The van der Waals surface area contributed by atoms with Gasteiger partial charge in [-0.05, 0) is 36.5 Å². The molecule has 6 heteroatoms. The van der Waals surface area contributed by atoms with E-state index in [9.17, 15) is 9.59 Å². The molecule has 1 aliphatic carbocycles. The number of benzene rings is 1. The zero-order valence-electron chi connectivity index (χ0n) is 18.8. The molecule has 2 heterocycles. The molecule has 0 spiro atoms. The molecule has 0 unspecified atom stereocenters. The second-order valence-electron chi connectivity index (χ2n) is 9.17. The Balaban J connectivity index is 1.68. The van der Waals surface area contributed by atoms with Gasteiger partial charge < -0.3 is 9.47 Å². The highest BCUT2D eigenvalue weighted by Gasteiger charge is 2.35. The minimum Gasteiger partial charge on any atom is -0.338 e. The van der Waals surface area contributed by atoms with Gasteiger partial charge in [-0.15, -0.1) is 0 Å². The average Bonchev–Trinajstić information content (AvgIpc) is 3.32. The van der Waals surface area contributed by atoms with Gasteiger partial charge in [0.05, 0.1) is 12.2 Å². The summed E-state index contributed by atoms with van der Waals surface area (Å²) in [4.78, 5) is 27.9. The van der Waals surface area contributed by atoms with Gasteiger partial charge in [-0.2, -0.15) is 5.10 Å². The van der Waals surface area contributed by atoms with E-state index in [4.69, 9.17) is 0 Å². The van der Waals surface area contributed by atoms with Gasteiger partial charge in [0, 0.05) is 43.2 Å². The van der Waals surface area contributed by atoms with Gasteiger partial charge in [-0.1, -0.05) is 44.2 Å². The van der Waals surface area contributed by atoms with E-state index in [0.29, 0.717) is 13.0 Å². The van der Waals surface area contributed by atoms with Crippen LogP contribution >= 0.6 is 0 Å². The highest BCUT2D eigenvalue weighted by Crippen LogP contribution is 2.38. The van der Waals surface area contributed by atoms with Gasteiger partial charge in [0.1, 0.15) is 6.54 Å². The van der Waals surface area contributed by atoms with E-state index < -0.39 is 0 Å². The maximum Gasteiger partial charge on any atom is 0.242 e. The van der Waals surface area contributed by atoms with Crippen LogP contribution in [0.15, 0.2) is 48.7 Å². The summed E-state index contributed by atoms with van der Waals surface area (Å²) in [5.74, 6) is 0.171. The van der Waals surface area contributed by atoms with Gasteiger partial charge >= 0.3 is 0 Å². The zero-order valence-corrected chi connectivity index (χ0v) is 18.8. The molecule has 4 rings (SSSR count). The van der Waals surface area contributed by atoms with Crippen molar-refractivity contribution in [3.8, 4) is 11.3 Å². The third-order valence-electron chi connectivity index (χ3n) is 6.09. The summed E-state index contributed by atoms with van der Waals surface area (Å²) in [7, 11) is 1.82. The summed E-state index contributed by atoms with van der Waals surface area (Å²) in [5, 5.41) is 4.29. The molecule has 1 aliphatic rings. The Morgan fingerprint density at radius 2 is 1.90 bits per heavy atom. The number of likely N-dealkylation sites (N-methyl/N-ethyl adjacent to an activating group) is 1. The van der Waals surface area contributed by atoms with Crippen molar-refractivity contribution in [3.05, 3.63) is 65.6 Å². The summed E-state index contributed by atoms with van der Waals surface area (Å²) >= 11 is 0. The van der Waals surface area contributed by atoms with Crippen LogP contribution in [0, 0.1) is 5.41 Å². The van der Waals surface area contributed by atoms with E-state index in [1.165, 1.54) is 0 Å². The van der Waals surface area contributed by atoms with Crippen LogP contribution in [0.1, 0.15) is 48.9 Å². The number of aryl methyl sites for hydroxylation is 1. The van der Waals surface area contributed by atoms with Crippen molar-refractivity contribution in [2.45, 2.75) is 53.2 Å². The van der Waals surface area contributed by atoms with E-state index >= 15 is 0 Å². The largest absolute Gasteiger partial charge is 0.338 e. The number of rotatable bonds is 6. The molecular formula is C25H30N4O2. The van der Waals surface area contributed by atoms with Crippen LogP contribution in [-0.4, -0.2) is 38.0 Å². The van der Waals surface area contributed by atoms with Crippen molar-refractivity contribution < 1.29 is 9.59 Å². The molecule has 162 valence electrons. The first-order valence-corrected chi connectivity index (χ1v) is 10.8. The van der Waals surface area contributed by atoms with E-state index in [-0.39, 0.29) is 23.7 Å². The van der Waals surface area contributed by atoms with Gasteiger partial charge in [-0.3, -0.25) is 14.3 Å². The van der Waals surface area contributed by atoms with Gasteiger partial charge in [0.15, 0.2) is 5.78 Å². The van der Waals surface area contributed by atoms with Crippen molar-refractivity contribution in [1.29, 1.82) is 0 Å². The molecule has 0 bridgehead atoms. The van der Waals surface area contributed by atoms with Crippen molar-refractivity contribution in [1.82, 2.24) is 19.2 Å². The number of amides is 1. The number of Topliss-reactive ketones (excluding diaryl/α,β-unsaturated/α-hetero) is 1. The predicted molar refractivity (Wildman–Crippen MR) is 121 cm³/mol. The summed E-state index contributed by atoms with van der Waals surface area (Å²) in [5.41, 5.74) is 4.57. The minimum atomic E-state index is -0.114. The molecule has 1 aromatic carbocycles. The van der Waals surface area contributed by atoms with Crippen molar-refractivity contribution in [2.75, 3.05) is 7.05 Å². The lowest BCUT2D eigenvalue weighted by Gasteiger charge is -2.30. The first-order valence-electron chi connectivity index (χ1n) is 10.8. The molecule has 2 aromatic heterocycles. The second-order valence-corrected chi connectivity index (χ2v) is 9.17.